The van der Waals surface area contributed by atoms with E-state index in [0.717, 1.165) is 77.0 Å². The number of methoxy groups -OCH3 is 1. The molecule has 198 valence electrons. The summed E-state index contributed by atoms with van der Waals surface area (Å²) in [7, 11) is 1.42. The molecule has 0 aromatic heterocycles. The molecular weight excluding hydrogens is 452 g/mol. The Morgan fingerprint density at radius 2 is 1.03 bits per heavy atom. The Kier molecular flexibility index (Phi) is 15.5. The van der Waals surface area contributed by atoms with Gasteiger partial charge in [0.1, 0.15) is 24.3 Å². The van der Waals surface area contributed by atoms with Crippen molar-refractivity contribution in [2.45, 2.75) is 134 Å². The molecule has 7 nitrogen and oxygen atoms in total. The number of carbonyl (C=O) groups excluding carboxylic acids is 1. The number of esters is 1. The van der Waals surface area contributed by atoms with Gasteiger partial charge in [-0.05, 0) is 19.3 Å². The van der Waals surface area contributed by atoms with E-state index in [1.807, 2.05) is 24.3 Å². The van der Waals surface area contributed by atoms with Crippen molar-refractivity contribution in [1.29, 1.82) is 21.0 Å². The average Bonchev–Trinajstić information content (AvgIpc) is 3.18. The SMILES string of the molecule is CCCCCCCCC1C(CCCCCCCCCCCC(=O)OC)C(C#N)(C#N)OC1(C#N)C#N. The molecule has 1 saturated heterocycles. The van der Waals surface area contributed by atoms with Crippen LogP contribution in [-0.4, -0.2) is 24.3 Å². The number of nitrogens with zero attached hydrogens (tertiary/aromatic N) is 4. The smallest absolute Gasteiger partial charge is 0.305 e. The number of rotatable bonds is 19. The Hall–Kier alpha value is -2.61. The molecule has 1 rings (SSSR count). The van der Waals surface area contributed by atoms with Crippen LogP contribution in [0.5, 0.6) is 0 Å². The zero-order chi connectivity index (χ0) is 26.7. The summed E-state index contributed by atoms with van der Waals surface area (Å²) in [5.74, 6) is -1.00. The second-order valence-electron chi connectivity index (χ2n) is 10.1. The zero-order valence-corrected chi connectivity index (χ0v) is 22.4. The highest BCUT2D eigenvalue weighted by Crippen LogP contribution is 2.50. The van der Waals surface area contributed by atoms with E-state index in [2.05, 4.69) is 11.7 Å². The van der Waals surface area contributed by atoms with Crippen molar-refractivity contribution in [3.05, 3.63) is 0 Å². The van der Waals surface area contributed by atoms with Crippen LogP contribution in [0.25, 0.3) is 0 Å². The van der Waals surface area contributed by atoms with Crippen molar-refractivity contribution in [2.75, 3.05) is 7.11 Å². The first-order chi connectivity index (χ1) is 17.5. The molecule has 0 bridgehead atoms. The third kappa shape index (κ3) is 9.45. The quantitative estimate of drug-likeness (QED) is 0.138. The molecule has 1 heterocycles. The van der Waals surface area contributed by atoms with Crippen LogP contribution in [0.1, 0.15) is 122 Å². The lowest BCUT2D eigenvalue weighted by Gasteiger charge is -2.25. The summed E-state index contributed by atoms with van der Waals surface area (Å²) in [6, 6.07) is 8.12. The van der Waals surface area contributed by atoms with Crippen molar-refractivity contribution < 1.29 is 14.3 Å². The van der Waals surface area contributed by atoms with Crippen molar-refractivity contribution in [3.63, 3.8) is 0 Å². The summed E-state index contributed by atoms with van der Waals surface area (Å²) >= 11 is 0. The number of hydrogen-bond acceptors (Lipinski definition) is 7. The summed E-state index contributed by atoms with van der Waals surface area (Å²) in [5.41, 5.74) is -3.46. The van der Waals surface area contributed by atoms with E-state index in [0.29, 0.717) is 19.3 Å². The van der Waals surface area contributed by atoms with E-state index in [1.54, 1.807) is 0 Å². The molecule has 7 heteroatoms. The highest BCUT2D eigenvalue weighted by molar-refractivity contribution is 5.68. The van der Waals surface area contributed by atoms with Crippen LogP contribution >= 0.6 is 0 Å². The number of unbranched alkanes of at least 4 members (excludes halogenated alkanes) is 13. The van der Waals surface area contributed by atoms with Crippen LogP contribution in [0.15, 0.2) is 0 Å². The summed E-state index contributed by atoms with van der Waals surface area (Å²) < 4.78 is 10.4. The molecule has 1 aliphatic heterocycles. The van der Waals surface area contributed by atoms with Crippen molar-refractivity contribution in [3.8, 4) is 24.3 Å². The molecule has 0 saturated carbocycles. The number of carbonyl (C=O) groups is 1. The first kappa shape index (κ1) is 31.4. The predicted octanol–water partition coefficient (Wildman–Crippen LogP) is 7.04. The van der Waals surface area contributed by atoms with Gasteiger partial charge in [0.25, 0.3) is 0 Å². The Morgan fingerprint density at radius 1 is 0.667 bits per heavy atom. The van der Waals surface area contributed by atoms with Crippen LogP contribution < -0.4 is 0 Å². The van der Waals surface area contributed by atoms with Gasteiger partial charge in [0.05, 0.1) is 7.11 Å². The molecule has 2 atom stereocenters. The summed E-state index contributed by atoms with van der Waals surface area (Å²) in [5, 5.41) is 39.4. The first-order valence-corrected chi connectivity index (χ1v) is 13.9. The largest absolute Gasteiger partial charge is 0.469 e. The normalized spacial score (nSPS) is 19.5. The fourth-order valence-corrected chi connectivity index (χ4v) is 5.37. The van der Waals surface area contributed by atoms with Gasteiger partial charge in [0.15, 0.2) is 0 Å². The van der Waals surface area contributed by atoms with Crippen molar-refractivity contribution >= 4 is 5.97 Å². The van der Waals surface area contributed by atoms with Crippen molar-refractivity contribution in [2.24, 2.45) is 11.8 Å². The molecule has 0 spiro atoms. The zero-order valence-electron chi connectivity index (χ0n) is 22.4. The molecular formula is C29H44N4O3. The molecule has 0 aromatic carbocycles. The number of hydrogen-bond donors (Lipinski definition) is 0. The summed E-state index contributed by atoms with van der Waals surface area (Å²) in [6.07, 6.45) is 17.7. The highest BCUT2D eigenvalue weighted by atomic mass is 16.5. The Morgan fingerprint density at radius 3 is 1.39 bits per heavy atom. The van der Waals surface area contributed by atoms with E-state index in [9.17, 15) is 25.8 Å². The van der Waals surface area contributed by atoms with E-state index >= 15 is 0 Å². The fraction of sp³-hybridized carbons (Fsp3) is 0.828. The maximum atomic E-state index is 11.1. The minimum Gasteiger partial charge on any atom is -0.469 e. The molecule has 1 aliphatic rings. The molecule has 36 heavy (non-hydrogen) atoms. The Labute approximate surface area is 218 Å². The monoisotopic (exact) mass is 496 g/mol. The third-order valence-electron chi connectivity index (χ3n) is 7.51. The maximum Gasteiger partial charge on any atom is 0.305 e. The van der Waals surface area contributed by atoms with Gasteiger partial charge in [-0.25, -0.2) is 0 Å². The number of nitriles is 4. The lowest BCUT2D eigenvalue weighted by atomic mass is 9.71. The molecule has 0 N–H and O–H groups in total. The molecule has 0 aliphatic carbocycles. The molecule has 0 radical (unpaired) electrons. The van der Waals surface area contributed by atoms with Crippen LogP contribution in [0, 0.1) is 57.2 Å². The summed E-state index contributed by atoms with van der Waals surface area (Å²) in [4.78, 5) is 11.1. The van der Waals surface area contributed by atoms with Crippen LogP contribution in [-0.2, 0) is 14.3 Å². The first-order valence-electron chi connectivity index (χ1n) is 13.9. The fourth-order valence-electron chi connectivity index (χ4n) is 5.37. The second kappa shape index (κ2) is 17.8. The van der Waals surface area contributed by atoms with Gasteiger partial charge >= 0.3 is 5.97 Å². The van der Waals surface area contributed by atoms with Crippen LogP contribution in [0.4, 0.5) is 0 Å². The minimum absolute atomic E-state index is 0.143. The molecule has 0 amide bonds. The van der Waals surface area contributed by atoms with Crippen molar-refractivity contribution in [1.82, 2.24) is 0 Å². The Bertz CT molecular complexity index is 786. The average molecular weight is 497 g/mol. The topological polar surface area (TPSA) is 131 Å². The lowest BCUT2D eigenvalue weighted by Crippen LogP contribution is -2.34. The molecule has 0 aromatic rings. The van der Waals surface area contributed by atoms with Crippen LogP contribution in [0.3, 0.4) is 0 Å². The standard InChI is InChI=1S/C29H44N4O3/c1-3-4-5-6-12-15-18-25-26(29(23-32,24-33)36-28(25,21-30)22-31)19-16-13-10-8-7-9-11-14-17-20-27(34)35-2/h25-26H,3-20H2,1-2H3. The third-order valence-corrected chi connectivity index (χ3v) is 7.51. The molecule has 1 fully saturated rings. The lowest BCUT2D eigenvalue weighted by molar-refractivity contribution is -0.140. The van der Waals surface area contributed by atoms with Gasteiger partial charge in [-0.1, -0.05) is 96.8 Å². The van der Waals surface area contributed by atoms with Gasteiger partial charge in [0, 0.05) is 18.3 Å². The van der Waals surface area contributed by atoms with Gasteiger partial charge in [-0.2, -0.15) is 21.0 Å². The summed E-state index contributed by atoms with van der Waals surface area (Å²) in [6.45, 7) is 2.17. The van der Waals surface area contributed by atoms with E-state index in [4.69, 9.17) is 4.74 Å². The highest BCUT2D eigenvalue weighted by Gasteiger charge is 2.64. The predicted molar refractivity (Wildman–Crippen MR) is 137 cm³/mol. The maximum absolute atomic E-state index is 11.1. The van der Waals surface area contributed by atoms with Gasteiger partial charge in [0.2, 0.25) is 11.2 Å². The van der Waals surface area contributed by atoms with E-state index < -0.39 is 23.0 Å². The Balaban J connectivity index is 2.54. The number of ether oxygens (including phenoxy) is 2. The van der Waals surface area contributed by atoms with Gasteiger partial charge < -0.3 is 9.47 Å². The van der Waals surface area contributed by atoms with Crippen LogP contribution in [0.2, 0.25) is 0 Å². The minimum atomic E-state index is -1.73. The molecule has 2 unspecified atom stereocenters. The van der Waals surface area contributed by atoms with Gasteiger partial charge in [-0.3, -0.25) is 4.79 Å². The van der Waals surface area contributed by atoms with E-state index in [-0.39, 0.29) is 5.97 Å². The second-order valence-corrected chi connectivity index (χ2v) is 10.1. The van der Waals surface area contributed by atoms with Gasteiger partial charge in [-0.15, -0.1) is 0 Å². The van der Waals surface area contributed by atoms with E-state index in [1.165, 1.54) is 26.4 Å².